The molecular formula is C14H19F2NO2. The molecule has 0 aromatic heterocycles. The van der Waals surface area contributed by atoms with E-state index in [1.807, 2.05) is 0 Å². The number of alkyl halides is 2. The summed E-state index contributed by atoms with van der Waals surface area (Å²) in [6, 6.07) is 7.23. The largest absolute Gasteiger partial charge is 0.434 e. The van der Waals surface area contributed by atoms with Crippen LogP contribution in [0.3, 0.4) is 0 Å². The summed E-state index contributed by atoms with van der Waals surface area (Å²) < 4.78 is 35.1. The highest BCUT2D eigenvalue weighted by atomic mass is 19.3. The Morgan fingerprint density at radius 2 is 2.21 bits per heavy atom. The van der Waals surface area contributed by atoms with Crippen molar-refractivity contribution in [3.05, 3.63) is 29.8 Å². The van der Waals surface area contributed by atoms with E-state index in [0.29, 0.717) is 24.8 Å². The number of hydrogen-bond acceptors (Lipinski definition) is 3. The molecule has 0 bridgehead atoms. The van der Waals surface area contributed by atoms with Crippen LogP contribution in [0.25, 0.3) is 0 Å². The predicted molar refractivity (Wildman–Crippen MR) is 68.5 cm³/mol. The van der Waals surface area contributed by atoms with E-state index < -0.39 is 6.61 Å². The maximum atomic E-state index is 12.4. The van der Waals surface area contributed by atoms with Crippen LogP contribution in [0.5, 0.6) is 5.75 Å². The molecule has 0 saturated carbocycles. The van der Waals surface area contributed by atoms with Crippen LogP contribution in [-0.2, 0) is 4.74 Å². The summed E-state index contributed by atoms with van der Waals surface area (Å²) in [4.78, 5) is 0. The minimum absolute atomic E-state index is 0.194. The Morgan fingerprint density at radius 1 is 1.42 bits per heavy atom. The Balaban J connectivity index is 2.12. The van der Waals surface area contributed by atoms with E-state index in [1.54, 1.807) is 24.3 Å². The molecular weight excluding hydrogens is 252 g/mol. The molecule has 106 valence electrons. The Bertz CT molecular complexity index is 401. The van der Waals surface area contributed by atoms with E-state index in [4.69, 9.17) is 4.74 Å². The summed E-state index contributed by atoms with van der Waals surface area (Å²) in [5.74, 6) is 0.194. The molecule has 3 nitrogen and oxygen atoms in total. The average molecular weight is 271 g/mol. The van der Waals surface area contributed by atoms with E-state index >= 15 is 0 Å². The summed E-state index contributed by atoms with van der Waals surface area (Å²) in [5, 5.41) is 3.39. The summed E-state index contributed by atoms with van der Waals surface area (Å²) in [5.41, 5.74) is 0.673. The van der Waals surface area contributed by atoms with Crippen LogP contribution in [0.1, 0.15) is 31.4 Å². The second-order valence-electron chi connectivity index (χ2n) is 4.58. The van der Waals surface area contributed by atoms with Crippen molar-refractivity contribution in [1.82, 2.24) is 5.32 Å². The first kappa shape index (κ1) is 14.2. The van der Waals surface area contributed by atoms with Crippen LogP contribution in [0.2, 0.25) is 0 Å². The monoisotopic (exact) mass is 271 g/mol. The van der Waals surface area contributed by atoms with Crippen LogP contribution < -0.4 is 10.1 Å². The minimum Gasteiger partial charge on any atom is -0.434 e. The van der Waals surface area contributed by atoms with Gasteiger partial charge in [0, 0.05) is 24.8 Å². The summed E-state index contributed by atoms with van der Waals surface area (Å²) in [6.07, 6.45) is 1.72. The van der Waals surface area contributed by atoms with Crippen molar-refractivity contribution < 1.29 is 18.3 Å². The lowest BCUT2D eigenvalue weighted by Crippen LogP contribution is -2.29. The van der Waals surface area contributed by atoms with Crippen molar-refractivity contribution >= 4 is 0 Å². The Labute approximate surface area is 111 Å². The molecule has 2 unspecified atom stereocenters. The van der Waals surface area contributed by atoms with Crippen molar-refractivity contribution in [3.63, 3.8) is 0 Å². The molecule has 0 aliphatic carbocycles. The molecule has 0 spiro atoms. The third-order valence-corrected chi connectivity index (χ3v) is 3.35. The van der Waals surface area contributed by atoms with E-state index in [-0.39, 0.29) is 11.9 Å². The maximum Gasteiger partial charge on any atom is 0.387 e. The van der Waals surface area contributed by atoms with Gasteiger partial charge < -0.3 is 14.8 Å². The second-order valence-corrected chi connectivity index (χ2v) is 4.58. The summed E-state index contributed by atoms with van der Waals surface area (Å²) >= 11 is 0. The predicted octanol–water partition coefficient (Wildman–Crippen LogP) is 3.12. The SMILES string of the molecule is CCC1CCOC(c2ccccc2OC(F)F)CN1. The van der Waals surface area contributed by atoms with E-state index in [2.05, 4.69) is 17.0 Å². The van der Waals surface area contributed by atoms with Crippen LogP contribution in [0.4, 0.5) is 8.78 Å². The Kier molecular flexibility index (Phi) is 5.10. The highest BCUT2D eigenvalue weighted by molar-refractivity contribution is 5.35. The van der Waals surface area contributed by atoms with Gasteiger partial charge in [0.15, 0.2) is 0 Å². The average Bonchev–Trinajstić information content (AvgIpc) is 2.64. The van der Waals surface area contributed by atoms with Gasteiger partial charge in [0.05, 0.1) is 6.10 Å². The molecule has 1 saturated heterocycles. The molecule has 0 radical (unpaired) electrons. The minimum atomic E-state index is -2.82. The first-order valence-corrected chi connectivity index (χ1v) is 6.59. The number of rotatable bonds is 4. The van der Waals surface area contributed by atoms with Crippen molar-refractivity contribution in [1.29, 1.82) is 0 Å². The molecule has 1 aliphatic heterocycles. The summed E-state index contributed by atoms with van der Waals surface area (Å²) in [6.45, 7) is 0.538. The van der Waals surface area contributed by atoms with Gasteiger partial charge in [-0.1, -0.05) is 25.1 Å². The molecule has 1 fully saturated rings. The van der Waals surface area contributed by atoms with Crippen LogP contribution >= 0.6 is 0 Å². The lowest BCUT2D eigenvalue weighted by atomic mass is 10.1. The molecule has 1 N–H and O–H groups in total. The zero-order valence-electron chi connectivity index (χ0n) is 10.9. The number of nitrogens with one attached hydrogen (secondary N) is 1. The van der Waals surface area contributed by atoms with Gasteiger partial charge in [-0.3, -0.25) is 0 Å². The van der Waals surface area contributed by atoms with Crippen molar-refractivity contribution in [2.45, 2.75) is 38.5 Å². The number of para-hydroxylation sites is 1. The molecule has 5 heteroatoms. The van der Waals surface area contributed by atoms with Crippen LogP contribution in [0.15, 0.2) is 24.3 Å². The van der Waals surface area contributed by atoms with Crippen molar-refractivity contribution in [2.24, 2.45) is 0 Å². The van der Waals surface area contributed by atoms with Crippen LogP contribution in [0, 0.1) is 0 Å². The lowest BCUT2D eigenvalue weighted by molar-refractivity contribution is -0.0524. The van der Waals surface area contributed by atoms with E-state index in [0.717, 1.165) is 12.8 Å². The lowest BCUT2D eigenvalue weighted by Gasteiger charge is -2.19. The zero-order valence-corrected chi connectivity index (χ0v) is 10.9. The molecule has 0 amide bonds. The van der Waals surface area contributed by atoms with Gasteiger partial charge in [0.2, 0.25) is 0 Å². The second kappa shape index (κ2) is 6.82. The maximum absolute atomic E-state index is 12.4. The fourth-order valence-corrected chi connectivity index (χ4v) is 2.29. The van der Waals surface area contributed by atoms with Gasteiger partial charge in [-0.15, -0.1) is 0 Å². The van der Waals surface area contributed by atoms with Gasteiger partial charge in [0.1, 0.15) is 5.75 Å². The van der Waals surface area contributed by atoms with E-state index in [1.165, 1.54) is 0 Å². The third-order valence-electron chi connectivity index (χ3n) is 3.35. The zero-order chi connectivity index (χ0) is 13.7. The molecule has 1 aliphatic rings. The molecule has 1 heterocycles. The van der Waals surface area contributed by atoms with Gasteiger partial charge in [-0.2, -0.15) is 8.78 Å². The fraction of sp³-hybridized carbons (Fsp3) is 0.571. The first-order valence-electron chi connectivity index (χ1n) is 6.59. The van der Waals surface area contributed by atoms with Gasteiger partial charge >= 0.3 is 6.61 Å². The normalized spacial score (nSPS) is 24.2. The molecule has 2 rings (SSSR count). The Hall–Kier alpha value is -1.20. The molecule has 2 atom stereocenters. The Morgan fingerprint density at radius 3 is 2.95 bits per heavy atom. The van der Waals surface area contributed by atoms with Gasteiger partial charge in [-0.05, 0) is 18.9 Å². The number of ether oxygens (including phenoxy) is 2. The molecule has 1 aromatic carbocycles. The quantitative estimate of drug-likeness (QED) is 0.912. The molecule has 1 aromatic rings. The topological polar surface area (TPSA) is 30.5 Å². The first-order chi connectivity index (χ1) is 9.20. The number of benzene rings is 1. The highest BCUT2D eigenvalue weighted by Gasteiger charge is 2.22. The smallest absolute Gasteiger partial charge is 0.387 e. The van der Waals surface area contributed by atoms with Crippen LogP contribution in [-0.4, -0.2) is 25.8 Å². The van der Waals surface area contributed by atoms with Gasteiger partial charge in [0.25, 0.3) is 0 Å². The fourth-order valence-electron chi connectivity index (χ4n) is 2.29. The third kappa shape index (κ3) is 3.88. The number of halogens is 2. The summed E-state index contributed by atoms with van der Waals surface area (Å²) in [7, 11) is 0. The van der Waals surface area contributed by atoms with E-state index in [9.17, 15) is 8.78 Å². The standard InChI is InChI=1S/C14H19F2NO2/c1-2-10-7-8-18-13(9-17-10)11-5-3-4-6-12(11)19-14(15)16/h3-6,10,13-14,17H,2,7-9H2,1H3. The highest BCUT2D eigenvalue weighted by Crippen LogP contribution is 2.29. The van der Waals surface area contributed by atoms with Gasteiger partial charge in [-0.25, -0.2) is 0 Å². The van der Waals surface area contributed by atoms with Crippen molar-refractivity contribution in [3.8, 4) is 5.75 Å². The number of hydrogen-bond donors (Lipinski definition) is 1. The van der Waals surface area contributed by atoms with Crippen molar-refractivity contribution in [2.75, 3.05) is 13.2 Å². The molecule has 19 heavy (non-hydrogen) atoms.